The van der Waals surface area contributed by atoms with E-state index in [1.54, 1.807) is 20.2 Å². The number of aliphatic imine (C=N–C) groups is 1. The number of hydrogen-bond acceptors (Lipinski definition) is 2. The van der Waals surface area contributed by atoms with Crippen LogP contribution < -0.4 is 10.6 Å². The Labute approximate surface area is 156 Å². The molecule has 0 spiro atoms. The van der Waals surface area contributed by atoms with Crippen molar-refractivity contribution in [2.45, 2.75) is 19.9 Å². The first-order valence-corrected chi connectivity index (χ1v) is 7.37. The van der Waals surface area contributed by atoms with Crippen molar-refractivity contribution in [3.8, 4) is 0 Å². The summed E-state index contributed by atoms with van der Waals surface area (Å²) in [5.41, 5.74) is 2.42. The standard InChI is InChI=1S/C17H26N4O.HI/c1-6-11-18-17(19-12-16(22)21(4)5)20-14(3)15-10-8-7-9-13(15)2;/h6-10,14H,1,11-12H2,2-5H3,(H2,18,19,20);1H. The minimum Gasteiger partial charge on any atom is -0.353 e. The second-order valence-electron chi connectivity index (χ2n) is 5.35. The van der Waals surface area contributed by atoms with Crippen molar-refractivity contribution >= 4 is 35.8 Å². The van der Waals surface area contributed by atoms with Crippen LogP contribution in [0.4, 0.5) is 0 Å². The Bertz CT molecular complexity index is 543. The van der Waals surface area contributed by atoms with Crippen LogP contribution in [0.5, 0.6) is 0 Å². The van der Waals surface area contributed by atoms with Crippen LogP contribution in [0.25, 0.3) is 0 Å². The van der Waals surface area contributed by atoms with E-state index in [0.717, 1.165) is 0 Å². The van der Waals surface area contributed by atoms with Gasteiger partial charge in [0.25, 0.3) is 0 Å². The number of carbonyl (C=O) groups is 1. The molecule has 0 aliphatic carbocycles. The highest BCUT2D eigenvalue weighted by molar-refractivity contribution is 14.0. The molecule has 1 amide bonds. The molecule has 0 bridgehead atoms. The molecule has 1 atom stereocenters. The third-order valence-corrected chi connectivity index (χ3v) is 3.29. The summed E-state index contributed by atoms with van der Waals surface area (Å²) in [5.74, 6) is 0.564. The van der Waals surface area contributed by atoms with E-state index in [-0.39, 0.29) is 42.5 Å². The summed E-state index contributed by atoms with van der Waals surface area (Å²) in [7, 11) is 3.44. The molecular weight excluding hydrogens is 403 g/mol. The third-order valence-electron chi connectivity index (χ3n) is 3.29. The topological polar surface area (TPSA) is 56.7 Å². The lowest BCUT2D eigenvalue weighted by Crippen LogP contribution is -2.40. The van der Waals surface area contributed by atoms with Crippen molar-refractivity contribution < 1.29 is 4.79 Å². The van der Waals surface area contributed by atoms with E-state index in [9.17, 15) is 4.79 Å². The molecule has 5 nitrogen and oxygen atoms in total. The minimum absolute atomic E-state index is 0. The highest BCUT2D eigenvalue weighted by Crippen LogP contribution is 2.16. The molecule has 1 rings (SSSR count). The Morgan fingerprint density at radius 3 is 2.61 bits per heavy atom. The Morgan fingerprint density at radius 1 is 1.39 bits per heavy atom. The summed E-state index contributed by atoms with van der Waals surface area (Å²) in [5, 5.41) is 6.46. The lowest BCUT2D eigenvalue weighted by molar-refractivity contribution is -0.127. The molecule has 0 heterocycles. The molecule has 1 unspecified atom stereocenters. The number of aryl methyl sites for hydroxylation is 1. The first-order valence-electron chi connectivity index (χ1n) is 7.37. The number of carbonyl (C=O) groups excluding carboxylic acids is 1. The molecule has 128 valence electrons. The average molecular weight is 430 g/mol. The van der Waals surface area contributed by atoms with Crippen LogP contribution in [-0.2, 0) is 4.79 Å². The lowest BCUT2D eigenvalue weighted by Gasteiger charge is -2.20. The molecule has 0 aromatic heterocycles. The van der Waals surface area contributed by atoms with Gasteiger partial charge in [-0.25, -0.2) is 4.99 Å². The molecule has 6 heteroatoms. The lowest BCUT2D eigenvalue weighted by atomic mass is 10.0. The second-order valence-corrected chi connectivity index (χ2v) is 5.35. The van der Waals surface area contributed by atoms with Gasteiger partial charge in [-0.2, -0.15) is 0 Å². The summed E-state index contributed by atoms with van der Waals surface area (Å²) in [6, 6.07) is 8.29. The summed E-state index contributed by atoms with van der Waals surface area (Å²) in [6.45, 7) is 8.54. The highest BCUT2D eigenvalue weighted by Gasteiger charge is 2.10. The molecule has 0 saturated heterocycles. The molecule has 1 aromatic carbocycles. The van der Waals surface area contributed by atoms with E-state index in [2.05, 4.69) is 48.2 Å². The van der Waals surface area contributed by atoms with E-state index in [1.807, 2.05) is 12.1 Å². The molecule has 0 fully saturated rings. The van der Waals surface area contributed by atoms with E-state index >= 15 is 0 Å². The van der Waals surface area contributed by atoms with Gasteiger partial charge in [0.1, 0.15) is 6.54 Å². The van der Waals surface area contributed by atoms with Crippen molar-refractivity contribution in [1.82, 2.24) is 15.5 Å². The molecule has 0 aliphatic rings. The zero-order valence-corrected chi connectivity index (χ0v) is 16.6. The van der Waals surface area contributed by atoms with Gasteiger partial charge in [-0.3, -0.25) is 4.79 Å². The maximum Gasteiger partial charge on any atom is 0.243 e. The maximum atomic E-state index is 11.7. The van der Waals surface area contributed by atoms with Crippen molar-refractivity contribution in [3.63, 3.8) is 0 Å². The van der Waals surface area contributed by atoms with Crippen LogP contribution in [0.3, 0.4) is 0 Å². The first kappa shape index (κ1) is 21.4. The van der Waals surface area contributed by atoms with Crippen LogP contribution in [0.15, 0.2) is 41.9 Å². The van der Waals surface area contributed by atoms with E-state index in [0.29, 0.717) is 12.5 Å². The largest absolute Gasteiger partial charge is 0.353 e. The van der Waals surface area contributed by atoms with Crippen LogP contribution in [0.1, 0.15) is 24.1 Å². The quantitative estimate of drug-likeness (QED) is 0.316. The number of nitrogens with one attached hydrogen (secondary N) is 2. The molecule has 0 saturated carbocycles. The van der Waals surface area contributed by atoms with Gasteiger partial charge < -0.3 is 15.5 Å². The number of halogens is 1. The second kappa shape index (κ2) is 11.0. The van der Waals surface area contributed by atoms with E-state index in [4.69, 9.17) is 0 Å². The summed E-state index contributed by atoms with van der Waals surface area (Å²) in [6.07, 6.45) is 1.75. The van der Waals surface area contributed by atoms with Crippen molar-refractivity contribution in [1.29, 1.82) is 0 Å². The Morgan fingerprint density at radius 2 is 2.04 bits per heavy atom. The van der Waals surface area contributed by atoms with Crippen molar-refractivity contribution in [3.05, 3.63) is 48.0 Å². The number of rotatable bonds is 6. The minimum atomic E-state index is -0.0387. The van der Waals surface area contributed by atoms with Gasteiger partial charge in [-0.05, 0) is 25.0 Å². The van der Waals surface area contributed by atoms with Crippen molar-refractivity contribution in [2.24, 2.45) is 4.99 Å². The number of amides is 1. The fourth-order valence-corrected chi connectivity index (χ4v) is 1.96. The fraction of sp³-hybridized carbons (Fsp3) is 0.412. The molecule has 0 aliphatic heterocycles. The van der Waals surface area contributed by atoms with Gasteiger partial charge in [0.05, 0.1) is 6.04 Å². The van der Waals surface area contributed by atoms with Gasteiger partial charge in [0.2, 0.25) is 5.91 Å². The van der Waals surface area contributed by atoms with Crippen LogP contribution in [0.2, 0.25) is 0 Å². The Kier molecular flexibility index (Phi) is 10.3. The predicted molar refractivity (Wildman–Crippen MR) is 107 cm³/mol. The summed E-state index contributed by atoms with van der Waals surface area (Å²) < 4.78 is 0. The number of hydrogen-bond donors (Lipinski definition) is 2. The third kappa shape index (κ3) is 7.49. The van der Waals surface area contributed by atoms with E-state index < -0.39 is 0 Å². The predicted octanol–water partition coefficient (Wildman–Crippen LogP) is 2.48. The van der Waals surface area contributed by atoms with Gasteiger partial charge in [0, 0.05) is 20.6 Å². The normalized spacial score (nSPS) is 11.9. The first-order chi connectivity index (χ1) is 10.5. The van der Waals surface area contributed by atoms with Gasteiger partial charge in [-0.15, -0.1) is 30.6 Å². The maximum absolute atomic E-state index is 11.7. The molecular formula is C17H27IN4O. The van der Waals surface area contributed by atoms with Crippen molar-refractivity contribution in [2.75, 3.05) is 27.2 Å². The van der Waals surface area contributed by atoms with Crippen LogP contribution >= 0.6 is 24.0 Å². The number of guanidine groups is 1. The Balaban J connectivity index is 0.00000484. The van der Waals surface area contributed by atoms with Crippen LogP contribution in [-0.4, -0.2) is 44.0 Å². The average Bonchev–Trinajstić information content (AvgIpc) is 2.49. The van der Waals surface area contributed by atoms with Gasteiger partial charge in [-0.1, -0.05) is 30.3 Å². The molecule has 2 N–H and O–H groups in total. The fourth-order valence-electron chi connectivity index (χ4n) is 1.96. The van der Waals surface area contributed by atoms with Gasteiger partial charge >= 0.3 is 0 Å². The molecule has 23 heavy (non-hydrogen) atoms. The number of nitrogens with zero attached hydrogens (tertiary/aromatic N) is 2. The SMILES string of the molecule is C=CCNC(=NCC(=O)N(C)C)NC(C)c1ccccc1C.I. The number of benzene rings is 1. The Hall–Kier alpha value is -1.57. The van der Waals surface area contributed by atoms with E-state index in [1.165, 1.54) is 16.0 Å². The molecule has 1 aromatic rings. The van der Waals surface area contributed by atoms with Crippen LogP contribution in [0, 0.1) is 6.92 Å². The smallest absolute Gasteiger partial charge is 0.243 e. The zero-order valence-electron chi connectivity index (χ0n) is 14.3. The summed E-state index contributed by atoms with van der Waals surface area (Å²) >= 11 is 0. The zero-order chi connectivity index (χ0) is 16.5. The molecule has 0 radical (unpaired) electrons. The van der Waals surface area contributed by atoms with Gasteiger partial charge in [0.15, 0.2) is 5.96 Å². The summed E-state index contributed by atoms with van der Waals surface area (Å²) in [4.78, 5) is 17.5. The number of likely N-dealkylation sites (N-methyl/N-ethyl adjacent to an activating group) is 1. The monoisotopic (exact) mass is 430 g/mol. The highest BCUT2D eigenvalue weighted by atomic mass is 127.